The maximum Gasteiger partial charge on any atom is 0.331 e. The highest BCUT2D eigenvalue weighted by Gasteiger charge is 2.91. The summed E-state index contributed by atoms with van der Waals surface area (Å²) in [5.74, 6) is -2.29. The van der Waals surface area contributed by atoms with Crippen LogP contribution in [0.15, 0.2) is 108 Å². The monoisotopic (exact) mass is 566 g/mol. The first-order valence-corrected chi connectivity index (χ1v) is 13.2. The maximum absolute atomic E-state index is 14.7. The quantitative estimate of drug-likeness (QED) is 0.115. The molecule has 1 heterocycles. The van der Waals surface area contributed by atoms with Gasteiger partial charge >= 0.3 is 11.9 Å². The number of ketones is 1. The summed E-state index contributed by atoms with van der Waals surface area (Å²) in [5, 5.41) is 0. The molecule has 4 aromatic carbocycles. The van der Waals surface area contributed by atoms with Crippen molar-refractivity contribution >= 4 is 33.7 Å². The Bertz CT molecular complexity index is 1560. The molecule has 1 aliphatic carbocycles. The molecule has 1 fully saturated rings. The minimum absolute atomic E-state index is 0.0662. The van der Waals surface area contributed by atoms with Crippen LogP contribution in [0.5, 0.6) is 5.75 Å². The average molecular weight is 567 g/mol. The Labute approximate surface area is 228 Å². The molecule has 5 nitrogen and oxygen atoms in total. The van der Waals surface area contributed by atoms with E-state index in [2.05, 4.69) is 15.9 Å². The predicted molar refractivity (Wildman–Crippen MR) is 146 cm³/mol. The molecule has 1 aliphatic heterocycles. The lowest BCUT2D eigenvalue weighted by Gasteiger charge is -2.23. The van der Waals surface area contributed by atoms with E-state index >= 15 is 0 Å². The second-order valence-electron chi connectivity index (χ2n) is 9.48. The van der Waals surface area contributed by atoms with Gasteiger partial charge in [-0.1, -0.05) is 101 Å². The normalized spacial score (nSPS) is 23.0. The van der Waals surface area contributed by atoms with Gasteiger partial charge in [-0.3, -0.25) is 14.4 Å². The number of rotatable bonds is 6. The van der Waals surface area contributed by atoms with E-state index in [0.29, 0.717) is 22.4 Å². The first-order valence-electron chi connectivity index (χ1n) is 12.4. The van der Waals surface area contributed by atoms with Gasteiger partial charge in [0.25, 0.3) is 0 Å². The average Bonchev–Trinajstić information content (AvgIpc) is 3.62. The minimum atomic E-state index is -1.84. The molecule has 0 saturated heterocycles. The van der Waals surface area contributed by atoms with Gasteiger partial charge in [-0.2, -0.15) is 0 Å². The summed E-state index contributed by atoms with van der Waals surface area (Å²) >= 11 is 3.50. The van der Waals surface area contributed by atoms with Crippen molar-refractivity contribution in [3.05, 3.63) is 124 Å². The number of esters is 2. The van der Waals surface area contributed by atoms with Crippen LogP contribution < -0.4 is 4.74 Å². The molecule has 0 amide bonds. The van der Waals surface area contributed by atoms with Gasteiger partial charge in [-0.15, -0.1) is 0 Å². The smallest absolute Gasteiger partial charge is 0.331 e. The van der Waals surface area contributed by atoms with Crippen LogP contribution in [-0.2, 0) is 19.7 Å². The van der Waals surface area contributed by atoms with Crippen molar-refractivity contribution in [2.24, 2.45) is 5.41 Å². The van der Waals surface area contributed by atoms with Crippen LogP contribution >= 0.6 is 15.9 Å². The molecule has 0 aromatic heterocycles. The van der Waals surface area contributed by atoms with Crippen LogP contribution in [0.2, 0.25) is 0 Å². The molecule has 2 aliphatic rings. The molecule has 0 N–H and O–H groups in total. The van der Waals surface area contributed by atoms with Crippen molar-refractivity contribution in [1.29, 1.82) is 0 Å². The fourth-order valence-corrected chi connectivity index (χ4v) is 6.43. The van der Waals surface area contributed by atoms with Crippen molar-refractivity contribution in [3.8, 4) is 16.9 Å². The predicted octanol–water partition coefficient (Wildman–Crippen LogP) is 6.50. The zero-order chi connectivity index (χ0) is 26.5. The Morgan fingerprint density at radius 3 is 2.13 bits per heavy atom. The van der Waals surface area contributed by atoms with Gasteiger partial charge in [0.2, 0.25) is 0 Å². The standard InChI is InChI=1S/C32H23BrO5/c1-2-37-29(35)32-27(25-19-24(33)17-18-26(25)38-30(32)36)31(32,23-11-7-4-8-12-23)28(34)22-15-13-21(14-16-22)20-9-5-3-6-10-20/h3-19,27H,2H2,1H3/t27-,31+,32-/m0/s1. The van der Waals surface area contributed by atoms with Gasteiger partial charge in [0.1, 0.15) is 5.75 Å². The number of hydrogen-bond acceptors (Lipinski definition) is 5. The highest BCUT2D eigenvalue weighted by Crippen LogP contribution is 2.79. The topological polar surface area (TPSA) is 69.7 Å². The summed E-state index contributed by atoms with van der Waals surface area (Å²) in [7, 11) is 0. The molecule has 188 valence electrons. The van der Waals surface area contributed by atoms with Crippen molar-refractivity contribution in [1.82, 2.24) is 0 Å². The number of ether oxygens (including phenoxy) is 2. The largest absolute Gasteiger partial charge is 0.465 e. The van der Waals surface area contributed by atoms with Gasteiger partial charge < -0.3 is 9.47 Å². The second-order valence-corrected chi connectivity index (χ2v) is 10.4. The third-order valence-corrected chi connectivity index (χ3v) is 8.14. The molecule has 6 heteroatoms. The third kappa shape index (κ3) is 3.26. The number of fused-ring (bicyclic) bond motifs is 3. The Morgan fingerprint density at radius 1 is 0.842 bits per heavy atom. The van der Waals surface area contributed by atoms with Crippen LogP contribution in [0.3, 0.4) is 0 Å². The molecule has 38 heavy (non-hydrogen) atoms. The van der Waals surface area contributed by atoms with Crippen molar-refractivity contribution in [2.75, 3.05) is 6.61 Å². The van der Waals surface area contributed by atoms with Crippen molar-refractivity contribution in [2.45, 2.75) is 18.3 Å². The summed E-state index contributed by atoms with van der Waals surface area (Å²) in [5.41, 5.74) is 0.194. The Hall–Kier alpha value is -4.03. The summed E-state index contributed by atoms with van der Waals surface area (Å²) in [6.45, 7) is 1.75. The first kappa shape index (κ1) is 24.3. The third-order valence-electron chi connectivity index (χ3n) is 7.65. The van der Waals surface area contributed by atoms with Crippen molar-refractivity contribution < 1.29 is 23.9 Å². The SMILES string of the molecule is CCOC(=O)[C@]12C(=O)Oc3ccc(Br)cc3[C@H]1[C@@]2(C(=O)c1ccc(-c2ccccc2)cc1)c1ccccc1. The molecule has 0 spiro atoms. The van der Waals surface area contributed by atoms with Crippen LogP contribution in [0, 0.1) is 5.41 Å². The number of Topliss-reactive ketones (excluding diaryl/α,β-unsaturated/α-hetero) is 1. The number of carbonyl (C=O) groups is 3. The molecular weight excluding hydrogens is 544 g/mol. The fraction of sp³-hybridized carbons (Fsp3) is 0.156. The lowest BCUT2D eigenvalue weighted by atomic mass is 9.79. The Balaban J connectivity index is 1.57. The van der Waals surface area contributed by atoms with E-state index in [-0.39, 0.29) is 12.4 Å². The lowest BCUT2D eigenvalue weighted by molar-refractivity contribution is -0.161. The molecule has 3 atom stereocenters. The first-order chi connectivity index (χ1) is 18.5. The van der Waals surface area contributed by atoms with E-state index in [9.17, 15) is 14.4 Å². The van der Waals surface area contributed by atoms with E-state index in [1.165, 1.54) is 0 Å². The van der Waals surface area contributed by atoms with Gasteiger partial charge in [0.15, 0.2) is 11.2 Å². The lowest BCUT2D eigenvalue weighted by Crippen LogP contribution is -2.42. The Kier molecular flexibility index (Phi) is 5.80. The van der Waals surface area contributed by atoms with E-state index in [1.54, 1.807) is 55.5 Å². The van der Waals surface area contributed by atoms with Gasteiger partial charge in [-0.05, 0) is 41.8 Å². The summed E-state index contributed by atoms with van der Waals surface area (Å²) < 4.78 is 12.0. The van der Waals surface area contributed by atoms with Crippen LogP contribution in [0.25, 0.3) is 11.1 Å². The molecular formula is C32H23BrO5. The number of hydrogen-bond donors (Lipinski definition) is 0. The summed E-state index contributed by atoms with van der Waals surface area (Å²) in [4.78, 5) is 42.2. The number of benzene rings is 4. The van der Waals surface area contributed by atoms with Crippen molar-refractivity contribution in [3.63, 3.8) is 0 Å². The minimum Gasteiger partial charge on any atom is -0.465 e. The second kappa shape index (κ2) is 9.07. The number of halogens is 1. The van der Waals surface area contributed by atoms with Gasteiger partial charge in [-0.25, -0.2) is 0 Å². The Morgan fingerprint density at radius 2 is 1.47 bits per heavy atom. The zero-order valence-electron chi connectivity index (χ0n) is 20.5. The molecule has 1 saturated carbocycles. The van der Waals surface area contributed by atoms with Gasteiger partial charge in [0, 0.05) is 21.5 Å². The van der Waals surface area contributed by atoms with Crippen LogP contribution in [0.1, 0.15) is 34.3 Å². The summed E-state index contributed by atoms with van der Waals surface area (Å²) in [6, 6.07) is 31.4. The molecule has 0 bridgehead atoms. The highest BCUT2D eigenvalue weighted by molar-refractivity contribution is 9.10. The van der Waals surface area contributed by atoms with E-state index in [0.717, 1.165) is 15.6 Å². The zero-order valence-corrected chi connectivity index (χ0v) is 22.1. The fourth-order valence-electron chi connectivity index (χ4n) is 6.05. The van der Waals surface area contributed by atoms with E-state index < -0.39 is 28.7 Å². The molecule has 0 radical (unpaired) electrons. The molecule has 0 unspecified atom stereocenters. The number of carbonyl (C=O) groups excluding carboxylic acids is 3. The van der Waals surface area contributed by atoms with E-state index in [4.69, 9.17) is 9.47 Å². The molecule has 6 rings (SSSR count). The molecule has 4 aromatic rings. The van der Waals surface area contributed by atoms with Gasteiger partial charge in [0.05, 0.1) is 12.0 Å². The van der Waals surface area contributed by atoms with Crippen LogP contribution in [-0.4, -0.2) is 24.3 Å². The summed E-state index contributed by atoms with van der Waals surface area (Å²) in [6.07, 6.45) is 0. The maximum atomic E-state index is 14.7. The van der Waals surface area contributed by atoms with E-state index in [1.807, 2.05) is 54.6 Å². The highest BCUT2D eigenvalue weighted by atomic mass is 79.9. The van der Waals surface area contributed by atoms with Crippen LogP contribution in [0.4, 0.5) is 0 Å².